The van der Waals surface area contributed by atoms with E-state index < -0.39 is 0 Å². The standard InChI is InChI=1S/C19H26N6O2/c1-13(2)17-10-24-9-15(8-16(24)12-27-17)20-18(26)11-25-22-19(21-23-25)14-6-4-3-5-7-14/h3-7,13,15-17H,8-12H2,1-2H3,(H,20,26)/t15-,16-,17+/m0/s1. The molecule has 0 aliphatic carbocycles. The molecule has 0 bridgehead atoms. The molecule has 8 heteroatoms. The molecule has 1 aromatic heterocycles. The first-order valence-electron chi connectivity index (χ1n) is 9.56. The second-order valence-electron chi connectivity index (χ2n) is 7.73. The molecule has 2 aliphatic heterocycles. The third-order valence-corrected chi connectivity index (χ3v) is 5.32. The van der Waals surface area contributed by atoms with Crippen molar-refractivity contribution in [1.82, 2.24) is 30.4 Å². The van der Waals surface area contributed by atoms with Crippen LogP contribution in [0.4, 0.5) is 0 Å². The van der Waals surface area contributed by atoms with Crippen molar-refractivity contribution in [2.24, 2.45) is 5.92 Å². The van der Waals surface area contributed by atoms with Crippen LogP contribution in [0.15, 0.2) is 30.3 Å². The van der Waals surface area contributed by atoms with Crippen molar-refractivity contribution in [3.8, 4) is 11.4 Å². The molecule has 1 amide bonds. The van der Waals surface area contributed by atoms with Gasteiger partial charge in [0.25, 0.3) is 0 Å². The number of amides is 1. The number of tetrazole rings is 1. The fourth-order valence-electron chi connectivity index (χ4n) is 3.82. The Hall–Kier alpha value is -2.32. The first-order chi connectivity index (χ1) is 13.1. The van der Waals surface area contributed by atoms with Gasteiger partial charge in [-0.2, -0.15) is 4.80 Å². The summed E-state index contributed by atoms with van der Waals surface area (Å²) in [6.45, 7) is 7.03. The molecular formula is C19H26N6O2. The van der Waals surface area contributed by atoms with E-state index in [-0.39, 0.29) is 24.6 Å². The molecule has 0 radical (unpaired) electrons. The van der Waals surface area contributed by atoms with Gasteiger partial charge >= 0.3 is 0 Å². The molecule has 3 heterocycles. The second kappa shape index (κ2) is 7.74. The summed E-state index contributed by atoms with van der Waals surface area (Å²) >= 11 is 0. The van der Waals surface area contributed by atoms with Gasteiger partial charge in [0, 0.05) is 30.7 Å². The van der Waals surface area contributed by atoms with E-state index >= 15 is 0 Å². The van der Waals surface area contributed by atoms with Crippen LogP contribution in [0.3, 0.4) is 0 Å². The Bertz CT molecular complexity index is 778. The molecule has 8 nitrogen and oxygen atoms in total. The molecule has 2 aromatic rings. The Kier molecular flexibility index (Phi) is 5.18. The lowest BCUT2D eigenvalue weighted by Crippen LogP contribution is -2.48. The highest BCUT2D eigenvalue weighted by Crippen LogP contribution is 2.25. The van der Waals surface area contributed by atoms with Crippen LogP contribution >= 0.6 is 0 Å². The fourth-order valence-corrected chi connectivity index (χ4v) is 3.82. The average molecular weight is 370 g/mol. The van der Waals surface area contributed by atoms with Crippen LogP contribution in [0, 0.1) is 5.92 Å². The normalized spacial score (nSPS) is 25.5. The van der Waals surface area contributed by atoms with Gasteiger partial charge in [0.1, 0.15) is 6.54 Å². The maximum Gasteiger partial charge on any atom is 0.243 e. The van der Waals surface area contributed by atoms with Crippen LogP contribution in [-0.4, -0.2) is 68.9 Å². The first-order valence-corrected chi connectivity index (χ1v) is 9.56. The van der Waals surface area contributed by atoms with E-state index in [1.165, 1.54) is 4.80 Å². The molecular weight excluding hydrogens is 344 g/mol. The summed E-state index contributed by atoms with van der Waals surface area (Å²) in [5, 5.41) is 15.4. The largest absolute Gasteiger partial charge is 0.375 e. The van der Waals surface area contributed by atoms with Crippen LogP contribution in [0.5, 0.6) is 0 Å². The summed E-state index contributed by atoms with van der Waals surface area (Å²) in [5.74, 6) is 0.952. The lowest BCUT2D eigenvalue weighted by molar-refractivity contribution is -0.122. The summed E-state index contributed by atoms with van der Waals surface area (Å²) in [4.78, 5) is 16.2. The van der Waals surface area contributed by atoms with Crippen LogP contribution in [-0.2, 0) is 16.1 Å². The molecule has 2 saturated heterocycles. The number of nitrogens with zero attached hydrogens (tertiary/aromatic N) is 5. The minimum Gasteiger partial charge on any atom is -0.375 e. The lowest BCUT2D eigenvalue weighted by Gasteiger charge is -2.36. The number of carbonyl (C=O) groups is 1. The highest BCUT2D eigenvalue weighted by molar-refractivity contribution is 5.76. The number of hydrogen-bond donors (Lipinski definition) is 1. The van der Waals surface area contributed by atoms with Gasteiger partial charge in [-0.3, -0.25) is 9.69 Å². The second-order valence-corrected chi connectivity index (χ2v) is 7.73. The molecule has 1 N–H and O–H groups in total. The highest BCUT2D eigenvalue weighted by Gasteiger charge is 2.38. The lowest BCUT2D eigenvalue weighted by atomic mass is 10.0. The van der Waals surface area contributed by atoms with E-state index in [0.29, 0.717) is 17.8 Å². The SMILES string of the molecule is CC(C)[C@H]1CN2C[C@@H](NC(=O)Cn3nnc(-c4ccccc4)n3)C[C@H]2CO1. The topological polar surface area (TPSA) is 85.2 Å². The summed E-state index contributed by atoms with van der Waals surface area (Å²) < 4.78 is 5.96. The fraction of sp³-hybridized carbons (Fsp3) is 0.579. The van der Waals surface area contributed by atoms with Crippen LogP contribution in [0.25, 0.3) is 11.4 Å². The van der Waals surface area contributed by atoms with Crippen molar-refractivity contribution < 1.29 is 9.53 Å². The number of aromatic nitrogens is 4. The van der Waals surface area contributed by atoms with E-state index in [4.69, 9.17) is 4.74 Å². The predicted octanol–water partition coefficient (Wildman–Crippen LogP) is 0.954. The maximum absolute atomic E-state index is 12.4. The number of morpholine rings is 1. The molecule has 0 saturated carbocycles. The molecule has 4 rings (SSSR count). The maximum atomic E-state index is 12.4. The van der Waals surface area contributed by atoms with Gasteiger partial charge in [-0.05, 0) is 17.6 Å². The number of rotatable bonds is 5. The number of nitrogens with one attached hydrogen (secondary N) is 1. The van der Waals surface area contributed by atoms with Gasteiger partial charge in [0.05, 0.1) is 12.7 Å². The molecule has 2 aliphatic rings. The van der Waals surface area contributed by atoms with Crippen molar-refractivity contribution in [2.45, 2.75) is 45.0 Å². The van der Waals surface area contributed by atoms with E-state index in [1.54, 1.807) is 0 Å². The van der Waals surface area contributed by atoms with Gasteiger partial charge in [0.15, 0.2) is 0 Å². The Morgan fingerprint density at radius 2 is 2.11 bits per heavy atom. The van der Waals surface area contributed by atoms with Crippen molar-refractivity contribution in [3.05, 3.63) is 30.3 Å². The molecule has 1 aromatic carbocycles. The van der Waals surface area contributed by atoms with Crippen molar-refractivity contribution >= 4 is 5.91 Å². The third kappa shape index (κ3) is 4.17. The Balaban J connectivity index is 1.30. The van der Waals surface area contributed by atoms with Crippen molar-refractivity contribution in [1.29, 1.82) is 0 Å². The highest BCUT2D eigenvalue weighted by atomic mass is 16.5. The smallest absolute Gasteiger partial charge is 0.243 e. The number of benzene rings is 1. The van der Waals surface area contributed by atoms with Crippen LogP contribution in [0.1, 0.15) is 20.3 Å². The molecule has 0 unspecified atom stereocenters. The zero-order chi connectivity index (χ0) is 18.8. The van der Waals surface area contributed by atoms with E-state index in [9.17, 15) is 4.79 Å². The van der Waals surface area contributed by atoms with Crippen LogP contribution in [0.2, 0.25) is 0 Å². The number of carbonyl (C=O) groups excluding carboxylic acids is 1. The minimum absolute atomic E-state index is 0.0755. The Morgan fingerprint density at radius 1 is 1.30 bits per heavy atom. The Labute approximate surface area is 158 Å². The first kappa shape index (κ1) is 18.1. The van der Waals surface area contributed by atoms with Crippen molar-refractivity contribution in [2.75, 3.05) is 19.7 Å². The predicted molar refractivity (Wildman–Crippen MR) is 99.7 cm³/mol. The van der Waals surface area contributed by atoms with Gasteiger partial charge in [0.2, 0.25) is 11.7 Å². The van der Waals surface area contributed by atoms with Gasteiger partial charge in [-0.25, -0.2) is 0 Å². The summed E-state index contributed by atoms with van der Waals surface area (Å²) in [6.07, 6.45) is 1.21. The summed E-state index contributed by atoms with van der Waals surface area (Å²) in [7, 11) is 0. The molecule has 3 atom stereocenters. The monoisotopic (exact) mass is 370 g/mol. The number of fused-ring (bicyclic) bond motifs is 1. The van der Waals surface area contributed by atoms with E-state index in [1.807, 2.05) is 30.3 Å². The quantitative estimate of drug-likeness (QED) is 0.844. The van der Waals surface area contributed by atoms with Gasteiger partial charge in [-0.15, -0.1) is 10.2 Å². The molecule has 2 fully saturated rings. The van der Waals surface area contributed by atoms with Crippen LogP contribution < -0.4 is 5.32 Å². The van der Waals surface area contributed by atoms with Gasteiger partial charge < -0.3 is 10.1 Å². The number of ether oxygens (including phenoxy) is 1. The summed E-state index contributed by atoms with van der Waals surface area (Å²) in [6, 6.07) is 10.2. The van der Waals surface area contributed by atoms with Crippen molar-refractivity contribution in [3.63, 3.8) is 0 Å². The zero-order valence-corrected chi connectivity index (χ0v) is 15.8. The minimum atomic E-state index is -0.0850. The van der Waals surface area contributed by atoms with E-state index in [2.05, 4.69) is 39.5 Å². The Morgan fingerprint density at radius 3 is 2.89 bits per heavy atom. The average Bonchev–Trinajstić information content (AvgIpc) is 3.27. The molecule has 27 heavy (non-hydrogen) atoms. The third-order valence-electron chi connectivity index (χ3n) is 5.32. The number of hydrogen-bond acceptors (Lipinski definition) is 6. The summed E-state index contributed by atoms with van der Waals surface area (Å²) in [5.41, 5.74) is 0.886. The van der Waals surface area contributed by atoms with Gasteiger partial charge in [-0.1, -0.05) is 44.2 Å². The molecule has 0 spiro atoms. The zero-order valence-electron chi connectivity index (χ0n) is 15.8. The van der Waals surface area contributed by atoms with E-state index in [0.717, 1.165) is 31.7 Å². The molecule has 144 valence electrons.